The van der Waals surface area contributed by atoms with Crippen LogP contribution in [0.25, 0.3) is 0 Å². The molecule has 0 spiro atoms. The van der Waals surface area contributed by atoms with E-state index in [0.29, 0.717) is 6.42 Å². The van der Waals surface area contributed by atoms with Crippen LogP contribution in [0.5, 0.6) is 0 Å². The number of ether oxygens (including phenoxy) is 1. The Balaban J connectivity index is 1.52. The van der Waals surface area contributed by atoms with E-state index >= 15 is 0 Å². The van der Waals surface area contributed by atoms with Crippen LogP contribution in [-0.2, 0) is 11.2 Å². The number of benzene rings is 1. The van der Waals surface area contributed by atoms with Gasteiger partial charge in [0.2, 0.25) is 5.13 Å². The van der Waals surface area contributed by atoms with Gasteiger partial charge in [-0.1, -0.05) is 23.5 Å². The Hall–Kier alpha value is -1.53. The van der Waals surface area contributed by atoms with Crippen molar-refractivity contribution in [2.45, 2.75) is 31.8 Å². The van der Waals surface area contributed by atoms with Crippen LogP contribution in [0.4, 0.5) is 9.52 Å². The Kier molecular flexibility index (Phi) is 4.77. The number of hydrogen-bond donors (Lipinski definition) is 1. The molecule has 4 nitrogen and oxygen atoms in total. The van der Waals surface area contributed by atoms with Gasteiger partial charge in [0.05, 0.1) is 6.10 Å². The van der Waals surface area contributed by atoms with Gasteiger partial charge in [0.15, 0.2) is 0 Å². The van der Waals surface area contributed by atoms with Crippen molar-refractivity contribution in [2.24, 2.45) is 0 Å². The smallest absolute Gasteiger partial charge is 0.205 e. The summed E-state index contributed by atoms with van der Waals surface area (Å²) in [5, 5.41) is 13.3. The predicted molar refractivity (Wildman–Crippen MR) is 81.2 cm³/mol. The zero-order valence-electron chi connectivity index (χ0n) is 11.7. The van der Waals surface area contributed by atoms with E-state index < -0.39 is 0 Å². The predicted octanol–water partition coefficient (Wildman–Crippen LogP) is 3.25. The molecule has 21 heavy (non-hydrogen) atoms. The van der Waals surface area contributed by atoms with Gasteiger partial charge in [-0.25, -0.2) is 4.39 Å². The minimum atomic E-state index is -0.217. The molecule has 1 N–H and O–H groups in total. The van der Waals surface area contributed by atoms with Gasteiger partial charge in [-0.2, -0.15) is 0 Å². The van der Waals surface area contributed by atoms with E-state index in [1.165, 1.54) is 29.9 Å². The van der Waals surface area contributed by atoms with Crippen molar-refractivity contribution in [1.29, 1.82) is 0 Å². The van der Waals surface area contributed by atoms with Crippen molar-refractivity contribution in [3.05, 3.63) is 40.7 Å². The van der Waals surface area contributed by atoms with Crippen LogP contribution in [0.1, 0.15) is 29.8 Å². The average Bonchev–Trinajstić information content (AvgIpc) is 2.96. The van der Waals surface area contributed by atoms with Crippen LogP contribution in [0.15, 0.2) is 24.3 Å². The lowest BCUT2D eigenvalue weighted by Crippen LogP contribution is -2.26. The van der Waals surface area contributed by atoms with Gasteiger partial charge in [-0.3, -0.25) is 0 Å². The Morgan fingerprint density at radius 1 is 1.24 bits per heavy atom. The third-order valence-electron chi connectivity index (χ3n) is 3.49. The highest BCUT2D eigenvalue weighted by molar-refractivity contribution is 7.15. The molecule has 1 saturated heterocycles. The third kappa shape index (κ3) is 4.22. The van der Waals surface area contributed by atoms with Gasteiger partial charge < -0.3 is 10.1 Å². The second-order valence-electron chi connectivity index (χ2n) is 5.17. The molecule has 0 aliphatic carbocycles. The van der Waals surface area contributed by atoms with Crippen molar-refractivity contribution in [3.63, 3.8) is 0 Å². The molecule has 1 fully saturated rings. The van der Waals surface area contributed by atoms with E-state index in [0.717, 1.165) is 41.7 Å². The number of nitrogens with zero attached hydrogens (tertiary/aromatic N) is 2. The fourth-order valence-electron chi connectivity index (χ4n) is 2.34. The molecule has 0 saturated carbocycles. The number of hydrogen-bond acceptors (Lipinski definition) is 5. The first-order valence-corrected chi connectivity index (χ1v) is 8.03. The lowest BCUT2D eigenvalue weighted by Gasteiger charge is -2.22. The number of anilines is 1. The van der Waals surface area contributed by atoms with Crippen molar-refractivity contribution in [2.75, 3.05) is 18.5 Å². The number of halogens is 1. The Morgan fingerprint density at radius 3 is 2.86 bits per heavy atom. The summed E-state index contributed by atoms with van der Waals surface area (Å²) in [5.41, 5.74) is 1.04. The van der Waals surface area contributed by atoms with E-state index in [1.54, 1.807) is 12.1 Å². The fourth-order valence-corrected chi connectivity index (χ4v) is 3.12. The molecular formula is C15H18FN3OS. The molecule has 3 rings (SSSR count). The molecule has 1 aromatic heterocycles. The first-order chi connectivity index (χ1) is 10.3. The number of aromatic nitrogens is 2. The monoisotopic (exact) mass is 307 g/mol. The summed E-state index contributed by atoms with van der Waals surface area (Å²) in [6.07, 6.45) is 4.46. The topological polar surface area (TPSA) is 47.0 Å². The van der Waals surface area contributed by atoms with Crippen LogP contribution in [-0.4, -0.2) is 29.5 Å². The van der Waals surface area contributed by atoms with Gasteiger partial charge in [-0.15, -0.1) is 10.2 Å². The summed E-state index contributed by atoms with van der Waals surface area (Å²) in [6, 6.07) is 6.49. The lowest BCUT2D eigenvalue weighted by atomic mass is 10.1. The summed E-state index contributed by atoms with van der Waals surface area (Å²) in [5.74, 6) is -0.217. The van der Waals surface area contributed by atoms with Crippen LogP contribution in [0.2, 0.25) is 0 Å². The van der Waals surface area contributed by atoms with E-state index in [1.807, 2.05) is 0 Å². The molecule has 1 aliphatic rings. The van der Waals surface area contributed by atoms with Crippen molar-refractivity contribution < 1.29 is 9.13 Å². The summed E-state index contributed by atoms with van der Waals surface area (Å²) in [6.45, 7) is 1.64. The summed E-state index contributed by atoms with van der Waals surface area (Å²) in [4.78, 5) is 0. The quantitative estimate of drug-likeness (QED) is 0.921. The summed E-state index contributed by atoms with van der Waals surface area (Å²) in [7, 11) is 0. The zero-order valence-corrected chi connectivity index (χ0v) is 12.5. The average molecular weight is 307 g/mol. The maximum absolute atomic E-state index is 12.9. The first-order valence-electron chi connectivity index (χ1n) is 7.22. The maximum atomic E-state index is 12.9. The van der Waals surface area contributed by atoms with E-state index in [4.69, 9.17) is 4.74 Å². The van der Waals surface area contributed by atoms with Gasteiger partial charge in [0.25, 0.3) is 0 Å². The van der Waals surface area contributed by atoms with Gasteiger partial charge in [0.1, 0.15) is 10.8 Å². The summed E-state index contributed by atoms with van der Waals surface area (Å²) >= 11 is 1.54. The van der Waals surface area contributed by atoms with Crippen molar-refractivity contribution in [3.8, 4) is 0 Å². The highest BCUT2D eigenvalue weighted by Crippen LogP contribution is 2.20. The van der Waals surface area contributed by atoms with Crippen LogP contribution >= 0.6 is 11.3 Å². The standard InChI is InChI=1S/C15H18FN3OS/c16-12-6-4-11(5-7-12)9-14-18-19-15(21-14)17-10-13-3-1-2-8-20-13/h4-7,13H,1-3,8-10H2,(H,17,19). The fraction of sp³-hybridized carbons (Fsp3) is 0.467. The third-order valence-corrected chi connectivity index (χ3v) is 4.37. The number of nitrogens with one attached hydrogen (secondary N) is 1. The van der Waals surface area contributed by atoms with Crippen molar-refractivity contribution in [1.82, 2.24) is 10.2 Å². The highest BCUT2D eigenvalue weighted by atomic mass is 32.1. The SMILES string of the molecule is Fc1ccc(Cc2nnc(NCC3CCCCO3)s2)cc1. The molecule has 6 heteroatoms. The molecule has 0 amide bonds. The van der Waals surface area contributed by atoms with E-state index in [-0.39, 0.29) is 11.9 Å². The largest absolute Gasteiger partial charge is 0.376 e. The number of rotatable bonds is 5. The highest BCUT2D eigenvalue weighted by Gasteiger charge is 2.14. The van der Waals surface area contributed by atoms with Gasteiger partial charge >= 0.3 is 0 Å². The van der Waals surface area contributed by atoms with E-state index in [2.05, 4.69) is 15.5 Å². The molecule has 0 radical (unpaired) electrons. The minimum absolute atomic E-state index is 0.217. The maximum Gasteiger partial charge on any atom is 0.205 e. The van der Waals surface area contributed by atoms with Crippen LogP contribution in [0.3, 0.4) is 0 Å². The van der Waals surface area contributed by atoms with Crippen molar-refractivity contribution >= 4 is 16.5 Å². The van der Waals surface area contributed by atoms with Gasteiger partial charge in [0, 0.05) is 19.6 Å². The molecule has 1 aliphatic heterocycles. The molecule has 2 aromatic rings. The van der Waals surface area contributed by atoms with Crippen LogP contribution in [0, 0.1) is 5.82 Å². The first kappa shape index (κ1) is 14.4. The molecule has 1 atom stereocenters. The normalized spacial score (nSPS) is 18.6. The Labute approximate surface area is 127 Å². The minimum Gasteiger partial charge on any atom is -0.376 e. The molecule has 1 aromatic carbocycles. The Morgan fingerprint density at radius 2 is 2.10 bits per heavy atom. The second-order valence-corrected chi connectivity index (χ2v) is 6.24. The molecule has 2 heterocycles. The second kappa shape index (κ2) is 6.95. The van der Waals surface area contributed by atoms with E-state index in [9.17, 15) is 4.39 Å². The molecule has 0 bridgehead atoms. The molecule has 112 valence electrons. The zero-order chi connectivity index (χ0) is 14.5. The van der Waals surface area contributed by atoms with Crippen LogP contribution < -0.4 is 5.32 Å². The molecule has 1 unspecified atom stereocenters. The summed E-state index contributed by atoms with van der Waals surface area (Å²) < 4.78 is 18.5. The lowest BCUT2D eigenvalue weighted by molar-refractivity contribution is 0.0247. The Bertz CT molecular complexity index is 567. The molecular weight excluding hydrogens is 289 g/mol. The van der Waals surface area contributed by atoms with Gasteiger partial charge in [-0.05, 0) is 37.0 Å².